The first kappa shape index (κ1) is 26.0. The van der Waals surface area contributed by atoms with Gasteiger partial charge in [-0.3, -0.25) is 19.4 Å². The summed E-state index contributed by atoms with van der Waals surface area (Å²) in [5, 5.41) is 21.7. The number of nitrogens with one attached hydrogen (secondary N) is 1. The topological polar surface area (TPSA) is 102 Å². The highest BCUT2D eigenvalue weighted by Crippen LogP contribution is 2.11. The third kappa shape index (κ3) is 10.7. The van der Waals surface area contributed by atoms with Crippen molar-refractivity contribution in [2.24, 2.45) is 0 Å². The van der Waals surface area contributed by atoms with Gasteiger partial charge in [-0.05, 0) is 18.9 Å². The van der Waals surface area contributed by atoms with Gasteiger partial charge < -0.3 is 20.3 Å². The van der Waals surface area contributed by atoms with Crippen LogP contribution in [0.1, 0.15) is 25.0 Å². The van der Waals surface area contributed by atoms with Gasteiger partial charge in [0.25, 0.3) is 0 Å². The van der Waals surface area contributed by atoms with Gasteiger partial charge in [0.1, 0.15) is 0 Å². The average molecular weight is 424 g/mol. The summed E-state index contributed by atoms with van der Waals surface area (Å²) in [5.41, 5.74) is 2.35. The largest absolute Gasteiger partial charge is 0.480 e. The third-order valence-corrected chi connectivity index (χ3v) is 4.87. The summed E-state index contributed by atoms with van der Waals surface area (Å²) in [7, 11) is 0. The summed E-state index contributed by atoms with van der Waals surface area (Å²) in [6.45, 7) is 9.76. The molecule has 1 aromatic rings. The van der Waals surface area contributed by atoms with Crippen molar-refractivity contribution in [3.05, 3.63) is 35.4 Å². The smallest absolute Gasteiger partial charge is 0.317 e. The van der Waals surface area contributed by atoms with Crippen LogP contribution in [0.3, 0.4) is 0 Å². The molecular weight excluding hydrogens is 386 g/mol. The van der Waals surface area contributed by atoms with E-state index in [1.807, 2.05) is 30.6 Å². The second-order valence-corrected chi connectivity index (χ2v) is 7.19. The average Bonchev–Trinajstić information content (AvgIpc) is 2.70. The maximum atomic E-state index is 11.4. The Morgan fingerprint density at radius 1 is 1.03 bits per heavy atom. The normalized spacial score (nSPS) is 19.6. The number of benzene rings is 1. The maximum Gasteiger partial charge on any atom is 0.317 e. The first-order valence-electron chi connectivity index (χ1n) is 10.7. The molecule has 1 fully saturated rings. The van der Waals surface area contributed by atoms with Crippen LogP contribution in [-0.4, -0.2) is 97.0 Å². The van der Waals surface area contributed by atoms with Crippen LogP contribution >= 0.6 is 0 Å². The van der Waals surface area contributed by atoms with E-state index in [4.69, 9.17) is 9.84 Å². The molecule has 2 rings (SSSR count). The van der Waals surface area contributed by atoms with Crippen LogP contribution in [0.4, 0.5) is 0 Å². The maximum absolute atomic E-state index is 11.4. The van der Waals surface area contributed by atoms with Crippen LogP contribution in [-0.2, 0) is 20.7 Å². The molecule has 1 unspecified atom stereocenters. The SMILES string of the molecule is CC.Cc1ccc(CC2CNCCN(CC(=O)O)CCOCCN2CC(=O)O)cc1. The lowest BCUT2D eigenvalue weighted by Gasteiger charge is -2.32. The molecule has 0 aliphatic carbocycles. The highest BCUT2D eigenvalue weighted by atomic mass is 16.5. The van der Waals surface area contributed by atoms with E-state index in [1.165, 1.54) is 5.56 Å². The Morgan fingerprint density at radius 3 is 2.30 bits per heavy atom. The van der Waals surface area contributed by atoms with E-state index in [2.05, 4.69) is 29.6 Å². The van der Waals surface area contributed by atoms with Crippen LogP contribution in [0.5, 0.6) is 0 Å². The molecule has 1 aromatic carbocycles. The summed E-state index contributed by atoms with van der Waals surface area (Å²) < 4.78 is 5.65. The second kappa shape index (κ2) is 14.9. The molecule has 170 valence electrons. The molecule has 0 spiro atoms. The molecule has 0 bridgehead atoms. The lowest BCUT2D eigenvalue weighted by Crippen LogP contribution is -2.49. The van der Waals surface area contributed by atoms with Gasteiger partial charge in [0.15, 0.2) is 0 Å². The van der Waals surface area contributed by atoms with Gasteiger partial charge in [-0.15, -0.1) is 0 Å². The Bertz CT molecular complexity index is 624. The predicted octanol–water partition coefficient (Wildman–Crippen LogP) is 1.33. The summed E-state index contributed by atoms with van der Waals surface area (Å²) in [6, 6.07) is 8.29. The van der Waals surface area contributed by atoms with Gasteiger partial charge in [-0.2, -0.15) is 0 Å². The summed E-state index contributed by atoms with van der Waals surface area (Å²) in [4.78, 5) is 26.2. The third-order valence-electron chi connectivity index (χ3n) is 4.87. The first-order chi connectivity index (χ1) is 14.4. The summed E-state index contributed by atoms with van der Waals surface area (Å²) in [6.07, 6.45) is 0.736. The first-order valence-corrected chi connectivity index (χ1v) is 10.7. The van der Waals surface area contributed by atoms with Gasteiger partial charge in [0.05, 0.1) is 26.3 Å². The minimum Gasteiger partial charge on any atom is -0.480 e. The van der Waals surface area contributed by atoms with Crippen LogP contribution in [0.2, 0.25) is 0 Å². The van der Waals surface area contributed by atoms with Crippen LogP contribution < -0.4 is 5.32 Å². The molecule has 30 heavy (non-hydrogen) atoms. The second-order valence-electron chi connectivity index (χ2n) is 7.19. The molecule has 1 atom stereocenters. The molecule has 0 saturated carbocycles. The van der Waals surface area contributed by atoms with Crippen LogP contribution in [0, 0.1) is 6.92 Å². The Kier molecular flexibility index (Phi) is 12.9. The summed E-state index contributed by atoms with van der Waals surface area (Å²) in [5.74, 6) is -1.70. The van der Waals surface area contributed by atoms with Crippen molar-refractivity contribution in [3.63, 3.8) is 0 Å². The molecule has 1 aliphatic heterocycles. The van der Waals surface area contributed by atoms with Crippen molar-refractivity contribution in [3.8, 4) is 0 Å². The molecule has 0 amide bonds. The monoisotopic (exact) mass is 423 g/mol. The Morgan fingerprint density at radius 2 is 1.67 bits per heavy atom. The minimum absolute atomic E-state index is 0.00903. The zero-order valence-corrected chi connectivity index (χ0v) is 18.5. The van der Waals surface area contributed by atoms with E-state index in [0.717, 1.165) is 12.0 Å². The number of carboxylic acid groups (broad SMARTS) is 2. The fraction of sp³-hybridized carbons (Fsp3) is 0.636. The van der Waals surface area contributed by atoms with Crippen LogP contribution in [0.15, 0.2) is 24.3 Å². The van der Waals surface area contributed by atoms with Gasteiger partial charge in [0, 0.05) is 38.8 Å². The molecule has 1 heterocycles. The van der Waals surface area contributed by atoms with Crippen LogP contribution in [0.25, 0.3) is 0 Å². The van der Waals surface area contributed by atoms with Crippen molar-refractivity contribution in [2.45, 2.75) is 33.2 Å². The van der Waals surface area contributed by atoms with Gasteiger partial charge in [0.2, 0.25) is 0 Å². The van der Waals surface area contributed by atoms with E-state index in [1.54, 1.807) is 0 Å². The zero-order valence-electron chi connectivity index (χ0n) is 18.5. The van der Waals surface area contributed by atoms with Crippen molar-refractivity contribution in [1.29, 1.82) is 0 Å². The quantitative estimate of drug-likeness (QED) is 0.630. The number of hydrogen-bond acceptors (Lipinski definition) is 6. The number of hydrogen-bond donors (Lipinski definition) is 3. The molecule has 3 N–H and O–H groups in total. The number of aliphatic carboxylic acids is 2. The Balaban J connectivity index is 0.00000218. The van der Waals surface area contributed by atoms with Crippen molar-refractivity contribution < 1.29 is 24.5 Å². The predicted molar refractivity (Wildman–Crippen MR) is 117 cm³/mol. The van der Waals surface area contributed by atoms with Crippen molar-refractivity contribution >= 4 is 11.9 Å². The molecule has 8 heteroatoms. The minimum atomic E-state index is -0.853. The van der Waals surface area contributed by atoms with Crippen molar-refractivity contribution in [1.82, 2.24) is 15.1 Å². The standard InChI is InChI=1S/C20H31N3O5.C2H6/c1-16-2-4-17(5-3-16)12-18-13-21-6-7-22(14-19(24)25)8-10-28-11-9-23(18)15-20(26)27;1-2/h2-5,18,21H,6-15H2,1H3,(H,24,25)(H,26,27);1-2H3. The number of aryl methyl sites for hydroxylation is 1. The molecule has 1 saturated heterocycles. The molecule has 0 radical (unpaired) electrons. The molecule has 0 aromatic heterocycles. The lowest BCUT2D eigenvalue weighted by molar-refractivity contribution is -0.139. The number of carboxylic acids is 2. The van der Waals surface area contributed by atoms with E-state index < -0.39 is 11.9 Å². The molecule has 1 aliphatic rings. The highest BCUT2D eigenvalue weighted by molar-refractivity contribution is 5.69. The lowest BCUT2D eigenvalue weighted by atomic mass is 10.0. The van der Waals surface area contributed by atoms with Gasteiger partial charge in [-0.25, -0.2) is 0 Å². The Hall–Kier alpha value is -2.00. The number of rotatable bonds is 6. The van der Waals surface area contributed by atoms with E-state index in [9.17, 15) is 14.7 Å². The van der Waals surface area contributed by atoms with E-state index in [0.29, 0.717) is 45.9 Å². The van der Waals surface area contributed by atoms with E-state index in [-0.39, 0.29) is 19.1 Å². The van der Waals surface area contributed by atoms with Gasteiger partial charge in [-0.1, -0.05) is 43.7 Å². The Labute approximate surface area is 179 Å². The fourth-order valence-electron chi connectivity index (χ4n) is 3.34. The van der Waals surface area contributed by atoms with E-state index >= 15 is 0 Å². The highest BCUT2D eigenvalue weighted by Gasteiger charge is 2.22. The summed E-state index contributed by atoms with van der Waals surface area (Å²) >= 11 is 0. The molecular formula is C22H37N3O5. The zero-order chi connectivity index (χ0) is 22.4. The van der Waals surface area contributed by atoms with Gasteiger partial charge >= 0.3 is 11.9 Å². The fourth-order valence-corrected chi connectivity index (χ4v) is 3.34. The number of ether oxygens (including phenoxy) is 1. The number of carbonyl (C=O) groups is 2. The van der Waals surface area contributed by atoms with Crippen molar-refractivity contribution in [2.75, 3.05) is 59.0 Å². The molecule has 8 nitrogen and oxygen atoms in total. The number of nitrogens with zero attached hydrogens (tertiary/aromatic N) is 2.